The van der Waals surface area contributed by atoms with Crippen LogP contribution in [0.1, 0.15) is 43.9 Å². The van der Waals surface area contributed by atoms with E-state index in [2.05, 4.69) is 63.3 Å². The van der Waals surface area contributed by atoms with Gasteiger partial charge in [0, 0.05) is 23.7 Å². The Morgan fingerprint density at radius 1 is 1.35 bits per heavy atom. The highest BCUT2D eigenvalue weighted by Crippen LogP contribution is 2.34. The van der Waals surface area contributed by atoms with Crippen molar-refractivity contribution in [1.29, 1.82) is 0 Å². The average Bonchev–Trinajstić information content (AvgIpc) is 2.59. The molecule has 1 atom stereocenters. The Morgan fingerprint density at radius 3 is 2.80 bits per heavy atom. The summed E-state index contributed by atoms with van der Waals surface area (Å²) in [5, 5.41) is 3.74. The van der Waals surface area contributed by atoms with E-state index in [1.807, 2.05) is 0 Å². The van der Waals surface area contributed by atoms with Crippen molar-refractivity contribution in [2.75, 3.05) is 27.2 Å². The molecular weight excluding hydrogens is 248 g/mol. The van der Waals surface area contributed by atoms with Gasteiger partial charge in [0.15, 0.2) is 0 Å². The largest absolute Gasteiger partial charge is 0.493 e. The first kappa shape index (κ1) is 15.3. The van der Waals surface area contributed by atoms with Gasteiger partial charge in [-0.05, 0) is 53.3 Å². The summed E-state index contributed by atoms with van der Waals surface area (Å²) in [7, 11) is 4.27. The lowest BCUT2D eigenvalue weighted by atomic mass is 9.97. The fraction of sp³-hybridized carbons (Fsp3) is 0.647. The van der Waals surface area contributed by atoms with E-state index < -0.39 is 0 Å². The molecule has 3 heteroatoms. The van der Waals surface area contributed by atoms with Crippen LogP contribution in [0.15, 0.2) is 18.2 Å². The van der Waals surface area contributed by atoms with E-state index in [1.54, 1.807) is 0 Å². The lowest BCUT2D eigenvalue weighted by molar-refractivity contribution is 0.183. The maximum absolute atomic E-state index is 5.94. The van der Waals surface area contributed by atoms with Crippen molar-refractivity contribution in [3.05, 3.63) is 29.3 Å². The molecule has 1 unspecified atom stereocenters. The Morgan fingerprint density at radius 2 is 2.10 bits per heavy atom. The number of hydrogen-bond acceptors (Lipinski definition) is 3. The first-order valence-electron chi connectivity index (χ1n) is 7.55. The molecule has 20 heavy (non-hydrogen) atoms. The first-order chi connectivity index (χ1) is 9.42. The van der Waals surface area contributed by atoms with Crippen LogP contribution in [0.2, 0.25) is 0 Å². The van der Waals surface area contributed by atoms with Gasteiger partial charge >= 0.3 is 0 Å². The lowest BCUT2D eigenvalue weighted by Crippen LogP contribution is -2.47. The van der Waals surface area contributed by atoms with E-state index in [0.29, 0.717) is 6.04 Å². The molecule has 0 saturated heterocycles. The molecule has 1 aliphatic rings. The van der Waals surface area contributed by atoms with Crippen LogP contribution in [-0.2, 0) is 0 Å². The summed E-state index contributed by atoms with van der Waals surface area (Å²) in [6.07, 6.45) is 2.24. The summed E-state index contributed by atoms with van der Waals surface area (Å²) in [5.41, 5.74) is 2.71. The van der Waals surface area contributed by atoms with Crippen LogP contribution in [0, 0.1) is 6.92 Å². The van der Waals surface area contributed by atoms with Crippen molar-refractivity contribution in [3.63, 3.8) is 0 Å². The first-order valence-corrected chi connectivity index (χ1v) is 7.55. The second kappa shape index (κ2) is 6.15. The number of para-hydroxylation sites is 1. The molecular formula is C17H28N2O. The van der Waals surface area contributed by atoms with Gasteiger partial charge in [0.25, 0.3) is 0 Å². The molecule has 1 aliphatic heterocycles. The molecule has 1 aromatic carbocycles. The minimum Gasteiger partial charge on any atom is -0.493 e. The van der Waals surface area contributed by atoms with Gasteiger partial charge in [0.2, 0.25) is 0 Å². The topological polar surface area (TPSA) is 24.5 Å². The molecule has 1 aromatic rings. The van der Waals surface area contributed by atoms with Crippen molar-refractivity contribution in [2.24, 2.45) is 0 Å². The standard InChI is InChI=1S/C17H28N2O/c1-13-8-6-9-14-15(10-7-11-20-16(13)14)18-12-17(2,3)19(4)5/h6,8-9,15,18H,7,10-12H2,1-5H3. The number of benzene rings is 1. The minimum absolute atomic E-state index is 0.150. The molecule has 0 saturated carbocycles. The summed E-state index contributed by atoms with van der Waals surface area (Å²) < 4.78 is 5.94. The van der Waals surface area contributed by atoms with Crippen molar-refractivity contribution in [1.82, 2.24) is 10.2 Å². The van der Waals surface area contributed by atoms with Crippen LogP contribution >= 0.6 is 0 Å². The molecule has 0 radical (unpaired) electrons. The predicted octanol–water partition coefficient (Wildman–Crippen LogP) is 3.14. The van der Waals surface area contributed by atoms with Crippen LogP contribution < -0.4 is 10.1 Å². The summed E-state index contributed by atoms with van der Waals surface area (Å²) in [5.74, 6) is 1.09. The Kier molecular flexibility index (Phi) is 4.71. The van der Waals surface area contributed by atoms with E-state index in [1.165, 1.54) is 11.1 Å². The lowest BCUT2D eigenvalue weighted by Gasteiger charge is -2.34. The van der Waals surface area contributed by atoms with Crippen LogP contribution in [0.4, 0.5) is 0 Å². The molecule has 112 valence electrons. The van der Waals surface area contributed by atoms with Gasteiger partial charge in [-0.1, -0.05) is 18.2 Å². The maximum atomic E-state index is 5.94. The molecule has 0 amide bonds. The number of nitrogens with zero attached hydrogens (tertiary/aromatic N) is 1. The number of nitrogens with one attached hydrogen (secondary N) is 1. The van der Waals surface area contributed by atoms with Crippen LogP contribution in [0.25, 0.3) is 0 Å². The van der Waals surface area contributed by atoms with E-state index in [9.17, 15) is 0 Å². The van der Waals surface area contributed by atoms with Gasteiger partial charge in [-0.2, -0.15) is 0 Å². The smallest absolute Gasteiger partial charge is 0.126 e. The Hall–Kier alpha value is -1.06. The molecule has 1 N–H and O–H groups in total. The van der Waals surface area contributed by atoms with Gasteiger partial charge in [0.1, 0.15) is 5.75 Å². The van der Waals surface area contributed by atoms with E-state index in [-0.39, 0.29) is 5.54 Å². The van der Waals surface area contributed by atoms with E-state index >= 15 is 0 Å². The van der Waals surface area contributed by atoms with E-state index in [4.69, 9.17) is 4.74 Å². The van der Waals surface area contributed by atoms with Gasteiger partial charge < -0.3 is 15.0 Å². The Balaban J connectivity index is 2.15. The predicted molar refractivity (Wildman–Crippen MR) is 84.4 cm³/mol. The third-order valence-corrected chi connectivity index (χ3v) is 4.49. The summed E-state index contributed by atoms with van der Waals surface area (Å²) >= 11 is 0. The molecule has 0 spiro atoms. The molecule has 2 rings (SSSR count). The van der Waals surface area contributed by atoms with Gasteiger partial charge in [-0.15, -0.1) is 0 Å². The molecule has 0 fully saturated rings. The molecule has 0 aliphatic carbocycles. The number of fused-ring (bicyclic) bond motifs is 1. The van der Waals surface area contributed by atoms with Gasteiger partial charge in [-0.25, -0.2) is 0 Å². The quantitative estimate of drug-likeness (QED) is 0.914. The van der Waals surface area contributed by atoms with Crippen molar-refractivity contribution >= 4 is 0 Å². The van der Waals surface area contributed by atoms with Gasteiger partial charge in [-0.3, -0.25) is 0 Å². The van der Waals surface area contributed by atoms with Crippen LogP contribution in [0.3, 0.4) is 0 Å². The van der Waals surface area contributed by atoms with Crippen molar-refractivity contribution in [2.45, 2.75) is 45.2 Å². The highest BCUT2D eigenvalue weighted by atomic mass is 16.5. The van der Waals surface area contributed by atoms with Crippen LogP contribution in [0.5, 0.6) is 5.75 Å². The Bertz CT molecular complexity index is 454. The molecule has 0 aromatic heterocycles. The summed E-state index contributed by atoms with van der Waals surface area (Å²) in [4.78, 5) is 2.27. The fourth-order valence-electron chi connectivity index (χ4n) is 2.51. The zero-order valence-electron chi connectivity index (χ0n) is 13.5. The highest BCUT2D eigenvalue weighted by Gasteiger charge is 2.25. The molecule has 1 heterocycles. The third kappa shape index (κ3) is 3.33. The number of hydrogen-bond donors (Lipinski definition) is 1. The summed E-state index contributed by atoms with van der Waals surface area (Å²) in [6, 6.07) is 6.86. The summed E-state index contributed by atoms with van der Waals surface area (Å²) in [6.45, 7) is 8.46. The SMILES string of the molecule is Cc1cccc2c1OCCCC2NCC(C)(C)N(C)C. The fourth-order valence-corrected chi connectivity index (χ4v) is 2.51. The normalized spacial score (nSPS) is 19.4. The molecule has 3 nitrogen and oxygen atoms in total. The second-order valence-electron chi connectivity index (χ2n) is 6.62. The number of aryl methyl sites for hydroxylation is 1. The van der Waals surface area contributed by atoms with Gasteiger partial charge in [0.05, 0.1) is 6.61 Å². The Labute approximate surface area is 123 Å². The number of likely N-dealkylation sites (N-methyl/N-ethyl adjacent to an activating group) is 1. The maximum Gasteiger partial charge on any atom is 0.126 e. The van der Waals surface area contributed by atoms with Crippen LogP contribution in [-0.4, -0.2) is 37.7 Å². The van der Waals surface area contributed by atoms with E-state index in [0.717, 1.165) is 31.7 Å². The number of rotatable bonds is 4. The number of ether oxygens (including phenoxy) is 1. The van der Waals surface area contributed by atoms with Crippen molar-refractivity contribution < 1.29 is 4.74 Å². The second-order valence-corrected chi connectivity index (χ2v) is 6.62. The highest BCUT2D eigenvalue weighted by molar-refractivity contribution is 5.43. The monoisotopic (exact) mass is 276 g/mol. The molecule has 0 bridgehead atoms. The minimum atomic E-state index is 0.150. The third-order valence-electron chi connectivity index (χ3n) is 4.49. The zero-order valence-corrected chi connectivity index (χ0v) is 13.5. The van der Waals surface area contributed by atoms with Crippen molar-refractivity contribution in [3.8, 4) is 5.75 Å². The zero-order chi connectivity index (χ0) is 14.8. The average molecular weight is 276 g/mol.